The lowest BCUT2D eigenvalue weighted by Crippen LogP contribution is -1.88. The van der Waals surface area contributed by atoms with Gasteiger partial charge in [0.15, 0.2) is 5.82 Å². The van der Waals surface area contributed by atoms with Crippen molar-refractivity contribution in [3.63, 3.8) is 0 Å². The van der Waals surface area contributed by atoms with Crippen molar-refractivity contribution in [1.29, 1.82) is 0 Å². The van der Waals surface area contributed by atoms with Crippen molar-refractivity contribution < 1.29 is 10.2 Å². The molecule has 4 heteroatoms. The molecule has 0 aliphatic heterocycles. The summed E-state index contributed by atoms with van der Waals surface area (Å²) in [5.41, 5.74) is 0.749. The molecule has 0 aliphatic rings. The molecule has 0 spiro atoms. The maximum absolute atomic E-state index is 9.14. The zero-order valence-corrected chi connectivity index (χ0v) is 7.25. The molecule has 0 aliphatic carbocycles. The molecule has 0 fully saturated rings. The van der Waals surface area contributed by atoms with Crippen LogP contribution >= 0.6 is 0 Å². The number of aromatic nitrogens is 2. The zero-order chi connectivity index (χ0) is 9.97. The Balaban J connectivity index is 2.52. The van der Waals surface area contributed by atoms with Gasteiger partial charge in [-0.1, -0.05) is 30.3 Å². The van der Waals surface area contributed by atoms with E-state index in [0.717, 1.165) is 11.6 Å². The van der Waals surface area contributed by atoms with Gasteiger partial charge in [-0.05, 0) is 0 Å². The number of rotatable bonds is 1. The summed E-state index contributed by atoms with van der Waals surface area (Å²) in [4.78, 5) is 7.58. The molecule has 2 aromatic rings. The topological polar surface area (TPSA) is 66.2 Å². The molecule has 4 nitrogen and oxygen atoms in total. The number of aromatic hydroxyl groups is 2. The summed E-state index contributed by atoms with van der Waals surface area (Å²) in [7, 11) is 0. The lowest BCUT2D eigenvalue weighted by Gasteiger charge is -2.00. The van der Waals surface area contributed by atoms with Crippen LogP contribution in [0.15, 0.2) is 36.4 Å². The van der Waals surface area contributed by atoms with Gasteiger partial charge < -0.3 is 10.2 Å². The zero-order valence-electron chi connectivity index (χ0n) is 7.25. The highest BCUT2D eigenvalue weighted by atomic mass is 16.3. The Labute approximate surface area is 80.5 Å². The molecule has 1 heterocycles. The van der Waals surface area contributed by atoms with Gasteiger partial charge in [0.25, 0.3) is 0 Å². The molecule has 14 heavy (non-hydrogen) atoms. The van der Waals surface area contributed by atoms with Crippen molar-refractivity contribution >= 4 is 0 Å². The smallest absolute Gasteiger partial charge is 0.218 e. The van der Waals surface area contributed by atoms with Crippen molar-refractivity contribution in [2.75, 3.05) is 0 Å². The van der Waals surface area contributed by atoms with Gasteiger partial charge in [0.2, 0.25) is 11.8 Å². The summed E-state index contributed by atoms with van der Waals surface area (Å²) in [5, 5.41) is 18.3. The highest BCUT2D eigenvalue weighted by Crippen LogP contribution is 2.20. The van der Waals surface area contributed by atoms with Crippen molar-refractivity contribution in [3.05, 3.63) is 36.4 Å². The van der Waals surface area contributed by atoms with E-state index in [-0.39, 0.29) is 11.8 Å². The third-order valence-corrected chi connectivity index (χ3v) is 1.73. The van der Waals surface area contributed by atoms with Gasteiger partial charge in [-0.3, -0.25) is 0 Å². The molecule has 2 rings (SSSR count). The van der Waals surface area contributed by atoms with E-state index >= 15 is 0 Å². The predicted octanol–water partition coefficient (Wildman–Crippen LogP) is 1.55. The largest absolute Gasteiger partial charge is 0.493 e. The van der Waals surface area contributed by atoms with Crippen molar-refractivity contribution in [2.24, 2.45) is 0 Å². The van der Waals surface area contributed by atoms with Crippen LogP contribution in [-0.4, -0.2) is 20.2 Å². The fourth-order valence-electron chi connectivity index (χ4n) is 1.14. The molecule has 0 atom stereocenters. The first-order chi connectivity index (χ1) is 6.75. The Hall–Kier alpha value is -2.10. The van der Waals surface area contributed by atoms with Gasteiger partial charge in [0, 0.05) is 5.56 Å². The van der Waals surface area contributed by atoms with Crippen molar-refractivity contribution in [2.45, 2.75) is 0 Å². The Morgan fingerprint density at radius 3 is 2.00 bits per heavy atom. The van der Waals surface area contributed by atoms with Crippen LogP contribution in [0.4, 0.5) is 0 Å². The minimum absolute atomic E-state index is 0.239. The molecular weight excluding hydrogens is 180 g/mol. The maximum atomic E-state index is 9.14. The Kier molecular flexibility index (Phi) is 2.02. The van der Waals surface area contributed by atoms with E-state index in [1.807, 2.05) is 18.2 Å². The van der Waals surface area contributed by atoms with Gasteiger partial charge >= 0.3 is 0 Å². The summed E-state index contributed by atoms with van der Waals surface area (Å²) in [6.07, 6.45) is 0. The molecular formula is C10H8N2O2. The molecule has 70 valence electrons. The molecule has 0 saturated heterocycles. The molecule has 0 unspecified atom stereocenters. The lowest BCUT2D eigenvalue weighted by molar-refractivity contribution is 0.423. The van der Waals surface area contributed by atoms with Gasteiger partial charge in [-0.15, -0.1) is 0 Å². The minimum Gasteiger partial charge on any atom is -0.493 e. The highest BCUT2D eigenvalue weighted by molar-refractivity contribution is 5.55. The Bertz CT molecular complexity index is 423. The third kappa shape index (κ3) is 1.64. The molecule has 0 saturated carbocycles. The van der Waals surface area contributed by atoms with Gasteiger partial charge in [0.05, 0.1) is 6.07 Å². The Morgan fingerprint density at radius 2 is 1.43 bits per heavy atom. The van der Waals surface area contributed by atoms with E-state index in [2.05, 4.69) is 9.97 Å². The van der Waals surface area contributed by atoms with Gasteiger partial charge in [-0.25, -0.2) is 0 Å². The fraction of sp³-hybridized carbons (Fsp3) is 0. The van der Waals surface area contributed by atoms with Crippen LogP contribution < -0.4 is 0 Å². The number of nitrogens with zero attached hydrogens (tertiary/aromatic N) is 2. The lowest BCUT2D eigenvalue weighted by atomic mass is 10.2. The van der Waals surface area contributed by atoms with E-state index < -0.39 is 0 Å². The second-order valence-electron chi connectivity index (χ2n) is 2.77. The maximum Gasteiger partial charge on any atom is 0.218 e. The SMILES string of the molecule is Oc1cc(O)nc(-c2ccccc2)n1. The molecule has 2 N–H and O–H groups in total. The monoisotopic (exact) mass is 188 g/mol. The summed E-state index contributed by atoms with van der Waals surface area (Å²) in [6, 6.07) is 10.2. The van der Waals surface area contributed by atoms with Crippen LogP contribution in [0.1, 0.15) is 0 Å². The van der Waals surface area contributed by atoms with E-state index in [1.54, 1.807) is 12.1 Å². The molecule has 0 radical (unpaired) electrons. The van der Waals surface area contributed by atoms with Crippen LogP contribution in [0.3, 0.4) is 0 Å². The first kappa shape index (κ1) is 8.50. The number of benzene rings is 1. The predicted molar refractivity (Wildman–Crippen MR) is 50.8 cm³/mol. The van der Waals surface area contributed by atoms with Gasteiger partial charge in [0.1, 0.15) is 0 Å². The first-order valence-electron chi connectivity index (χ1n) is 4.08. The van der Waals surface area contributed by atoms with E-state index in [4.69, 9.17) is 10.2 Å². The summed E-state index contributed by atoms with van der Waals surface area (Å²) in [6.45, 7) is 0. The van der Waals surface area contributed by atoms with Crippen molar-refractivity contribution in [1.82, 2.24) is 9.97 Å². The van der Waals surface area contributed by atoms with Crippen molar-refractivity contribution in [3.8, 4) is 23.1 Å². The van der Waals surface area contributed by atoms with Crippen LogP contribution in [0.5, 0.6) is 11.8 Å². The molecule has 0 amide bonds. The second-order valence-corrected chi connectivity index (χ2v) is 2.77. The molecule has 1 aromatic heterocycles. The first-order valence-corrected chi connectivity index (χ1v) is 4.08. The molecule has 1 aromatic carbocycles. The second kappa shape index (κ2) is 3.33. The summed E-state index contributed by atoms with van der Waals surface area (Å²) >= 11 is 0. The van der Waals surface area contributed by atoms with E-state index in [0.29, 0.717) is 5.82 Å². The average Bonchev–Trinajstić information content (AvgIpc) is 2.18. The summed E-state index contributed by atoms with van der Waals surface area (Å²) < 4.78 is 0. The standard InChI is InChI=1S/C10H8N2O2/c13-8-6-9(14)12-10(11-8)7-4-2-1-3-5-7/h1-6H,(H2,11,12,13,14). The van der Waals surface area contributed by atoms with Crippen LogP contribution in [0.25, 0.3) is 11.4 Å². The third-order valence-electron chi connectivity index (χ3n) is 1.73. The van der Waals surface area contributed by atoms with E-state index in [1.165, 1.54) is 0 Å². The normalized spacial score (nSPS) is 10.0. The van der Waals surface area contributed by atoms with Crippen LogP contribution in [0.2, 0.25) is 0 Å². The summed E-state index contributed by atoms with van der Waals surface area (Å²) in [5.74, 6) is -0.171. The Morgan fingerprint density at radius 1 is 0.857 bits per heavy atom. The van der Waals surface area contributed by atoms with Crippen LogP contribution in [-0.2, 0) is 0 Å². The fourth-order valence-corrected chi connectivity index (χ4v) is 1.14. The highest BCUT2D eigenvalue weighted by Gasteiger charge is 2.04. The quantitative estimate of drug-likeness (QED) is 0.712. The van der Waals surface area contributed by atoms with Gasteiger partial charge in [-0.2, -0.15) is 9.97 Å². The average molecular weight is 188 g/mol. The minimum atomic E-state index is -0.239. The molecule has 0 bridgehead atoms. The van der Waals surface area contributed by atoms with Crippen LogP contribution in [0, 0.1) is 0 Å². The number of hydrogen-bond acceptors (Lipinski definition) is 4. The van der Waals surface area contributed by atoms with E-state index in [9.17, 15) is 0 Å². The number of hydrogen-bond donors (Lipinski definition) is 2.